The third-order valence-corrected chi connectivity index (χ3v) is 4.22. The van der Waals surface area contributed by atoms with Gasteiger partial charge < -0.3 is 15.4 Å². The van der Waals surface area contributed by atoms with Crippen LogP contribution >= 0.6 is 12.4 Å². The molecular weight excluding hydrogens is 312 g/mol. The van der Waals surface area contributed by atoms with Gasteiger partial charge in [-0.25, -0.2) is 0 Å². The summed E-state index contributed by atoms with van der Waals surface area (Å²) in [6.45, 7) is 5.59. The van der Waals surface area contributed by atoms with Crippen LogP contribution in [-0.2, 0) is 9.53 Å². The van der Waals surface area contributed by atoms with E-state index in [2.05, 4.69) is 29.7 Å². The van der Waals surface area contributed by atoms with Crippen LogP contribution in [0, 0.1) is 5.92 Å². The van der Waals surface area contributed by atoms with Gasteiger partial charge in [-0.05, 0) is 50.8 Å². The molecule has 1 heterocycles. The molecule has 5 heteroatoms. The van der Waals surface area contributed by atoms with Crippen LogP contribution in [0.1, 0.15) is 44.3 Å². The van der Waals surface area contributed by atoms with E-state index in [4.69, 9.17) is 4.74 Å². The zero-order chi connectivity index (χ0) is 15.6. The van der Waals surface area contributed by atoms with Crippen molar-refractivity contribution in [1.82, 2.24) is 10.6 Å². The standard InChI is InChI=1S/C18H28N2O2.ClH/c1-15(17-6-3-2-4-7-17)22-13-5-11-20-18(21)9-8-16-10-12-19-14-16;/h2-4,6-7,15-16,19H,5,8-14H2,1H3,(H,20,21);1H. The van der Waals surface area contributed by atoms with Crippen molar-refractivity contribution in [1.29, 1.82) is 0 Å². The Bertz CT molecular complexity index is 436. The lowest BCUT2D eigenvalue weighted by Crippen LogP contribution is -2.25. The van der Waals surface area contributed by atoms with Crippen LogP contribution in [0.15, 0.2) is 30.3 Å². The fraction of sp³-hybridized carbons (Fsp3) is 0.611. The highest BCUT2D eigenvalue weighted by Gasteiger charge is 2.15. The van der Waals surface area contributed by atoms with E-state index in [0.717, 1.165) is 25.9 Å². The van der Waals surface area contributed by atoms with Gasteiger partial charge in [0, 0.05) is 19.6 Å². The fourth-order valence-electron chi connectivity index (χ4n) is 2.76. The maximum atomic E-state index is 11.7. The van der Waals surface area contributed by atoms with Gasteiger partial charge in [-0.3, -0.25) is 4.79 Å². The van der Waals surface area contributed by atoms with E-state index >= 15 is 0 Å². The first kappa shape index (κ1) is 19.9. The third-order valence-electron chi connectivity index (χ3n) is 4.22. The number of halogens is 1. The molecule has 0 aromatic heterocycles. The van der Waals surface area contributed by atoms with Crippen LogP contribution in [0.2, 0.25) is 0 Å². The monoisotopic (exact) mass is 340 g/mol. The Hall–Kier alpha value is -1.10. The van der Waals surface area contributed by atoms with Crippen LogP contribution in [0.4, 0.5) is 0 Å². The van der Waals surface area contributed by atoms with Crippen LogP contribution in [0.5, 0.6) is 0 Å². The van der Waals surface area contributed by atoms with E-state index in [1.165, 1.54) is 12.0 Å². The summed E-state index contributed by atoms with van der Waals surface area (Å²) in [7, 11) is 0. The first-order chi connectivity index (χ1) is 10.8. The summed E-state index contributed by atoms with van der Waals surface area (Å²) < 4.78 is 5.79. The lowest BCUT2D eigenvalue weighted by Gasteiger charge is -2.13. The molecule has 2 rings (SSSR count). The van der Waals surface area contributed by atoms with Gasteiger partial charge >= 0.3 is 0 Å². The Morgan fingerprint density at radius 1 is 1.39 bits per heavy atom. The number of rotatable bonds is 9. The molecule has 1 aliphatic heterocycles. The van der Waals surface area contributed by atoms with Crippen molar-refractivity contribution in [2.24, 2.45) is 5.92 Å². The van der Waals surface area contributed by atoms with Crippen LogP contribution in [0.25, 0.3) is 0 Å². The Kier molecular flexibility index (Phi) is 9.92. The van der Waals surface area contributed by atoms with Gasteiger partial charge in [0.1, 0.15) is 0 Å². The Morgan fingerprint density at radius 3 is 2.87 bits per heavy atom. The molecule has 2 N–H and O–H groups in total. The summed E-state index contributed by atoms with van der Waals surface area (Å²) in [5, 5.41) is 6.31. The second kappa shape index (κ2) is 11.4. The van der Waals surface area contributed by atoms with Gasteiger partial charge in [-0.15, -0.1) is 12.4 Å². The van der Waals surface area contributed by atoms with Crippen LogP contribution < -0.4 is 10.6 Å². The number of carbonyl (C=O) groups is 1. The van der Waals surface area contributed by atoms with Crippen molar-refractivity contribution in [3.05, 3.63) is 35.9 Å². The molecule has 0 radical (unpaired) electrons. The number of carbonyl (C=O) groups excluding carboxylic acids is 1. The quantitative estimate of drug-likeness (QED) is 0.679. The topological polar surface area (TPSA) is 50.4 Å². The molecule has 0 spiro atoms. The summed E-state index contributed by atoms with van der Waals surface area (Å²) in [6, 6.07) is 10.2. The Labute approximate surface area is 145 Å². The molecule has 1 aliphatic rings. The number of benzene rings is 1. The molecule has 0 aliphatic carbocycles. The minimum atomic E-state index is 0. The van der Waals surface area contributed by atoms with E-state index in [-0.39, 0.29) is 24.4 Å². The molecule has 1 aromatic carbocycles. The average Bonchev–Trinajstić information content (AvgIpc) is 3.06. The van der Waals surface area contributed by atoms with E-state index in [9.17, 15) is 4.79 Å². The van der Waals surface area contributed by atoms with Crippen molar-refractivity contribution < 1.29 is 9.53 Å². The summed E-state index contributed by atoms with van der Waals surface area (Å²) in [4.78, 5) is 11.7. The maximum absolute atomic E-state index is 11.7. The highest BCUT2D eigenvalue weighted by molar-refractivity contribution is 5.85. The van der Waals surface area contributed by atoms with Gasteiger partial charge in [-0.1, -0.05) is 30.3 Å². The normalized spacial score (nSPS) is 18.2. The second-order valence-electron chi connectivity index (χ2n) is 6.02. The molecule has 130 valence electrons. The Morgan fingerprint density at radius 2 is 2.17 bits per heavy atom. The number of nitrogens with one attached hydrogen (secondary N) is 2. The molecule has 1 aromatic rings. The first-order valence-corrected chi connectivity index (χ1v) is 8.39. The number of ether oxygens (including phenoxy) is 1. The molecule has 0 bridgehead atoms. The smallest absolute Gasteiger partial charge is 0.220 e. The average molecular weight is 341 g/mol. The summed E-state index contributed by atoms with van der Waals surface area (Å²) in [5.74, 6) is 0.851. The highest BCUT2D eigenvalue weighted by Crippen LogP contribution is 2.16. The summed E-state index contributed by atoms with van der Waals surface area (Å²) in [5.41, 5.74) is 1.19. The predicted octanol–water partition coefficient (Wildman–Crippen LogP) is 3.08. The van der Waals surface area contributed by atoms with Crippen molar-refractivity contribution in [3.8, 4) is 0 Å². The minimum Gasteiger partial charge on any atom is -0.374 e. The number of hydrogen-bond donors (Lipinski definition) is 2. The lowest BCUT2D eigenvalue weighted by molar-refractivity contribution is -0.121. The molecule has 1 fully saturated rings. The van der Waals surface area contributed by atoms with Gasteiger partial charge in [0.15, 0.2) is 0 Å². The predicted molar refractivity (Wildman–Crippen MR) is 95.9 cm³/mol. The maximum Gasteiger partial charge on any atom is 0.220 e. The molecule has 0 saturated carbocycles. The molecule has 4 nitrogen and oxygen atoms in total. The van der Waals surface area contributed by atoms with E-state index in [0.29, 0.717) is 25.5 Å². The van der Waals surface area contributed by atoms with Gasteiger partial charge in [0.05, 0.1) is 6.10 Å². The lowest BCUT2D eigenvalue weighted by atomic mass is 10.0. The van der Waals surface area contributed by atoms with E-state index in [1.807, 2.05) is 18.2 Å². The first-order valence-electron chi connectivity index (χ1n) is 8.39. The van der Waals surface area contributed by atoms with Crippen molar-refractivity contribution in [2.75, 3.05) is 26.2 Å². The van der Waals surface area contributed by atoms with Crippen molar-refractivity contribution >= 4 is 18.3 Å². The van der Waals surface area contributed by atoms with Gasteiger partial charge in [0.25, 0.3) is 0 Å². The Balaban J connectivity index is 0.00000264. The number of amides is 1. The molecule has 23 heavy (non-hydrogen) atoms. The van der Waals surface area contributed by atoms with Crippen LogP contribution in [-0.4, -0.2) is 32.1 Å². The SMILES string of the molecule is CC(OCCCNC(=O)CCC1CCNC1)c1ccccc1.Cl. The van der Waals surface area contributed by atoms with Crippen molar-refractivity contribution in [2.45, 2.75) is 38.7 Å². The van der Waals surface area contributed by atoms with Crippen LogP contribution in [0.3, 0.4) is 0 Å². The summed E-state index contributed by atoms with van der Waals surface area (Å²) >= 11 is 0. The van der Waals surface area contributed by atoms with Crippen molar-refractivity contribution in [3.63, 3.8) is 0 Å². The number of hydrogen-bond acceptors (Lipinski definition) is 3. The second-order valence-corrected chi connectivity index (χ2v) is 6.02. The molecular formula is C18H29ClN2O2. The summed E-state index contributed by atoms with van der Waals surface area (Å²) in [6.07, 6.45) is 3.81. The van der Waals surface area contributed by atoms with E-state index < -0.39 is 0 Å². The van der Waals surface area contributed by atoms with Gasteiger partial charge in [-0.2, -0.15) is 0 Å². The van der Waals surface area contributed by atoms with E-state index in [1.54, 1.807) is 0 Å². The molecule has 2 unspecified atom stereocenters. The molecule has 1 amide bonds. The largest absolute Gasteiger partial charge is 0.374 e. The molecule has 2 atom stereocenters. The third kappa shape index (κ3) is 7.82. The molecule has 1 saturated heterocycles. The zero-order valence-electron chi connectivity index (χ0n) is 13.9. The highest BCUT2D eigenvalue weighted by atomic mass is 35.5. The fourth-order valence-corrected chi connectivity index (χ4v) is 2.76. The minimum absolute atomic E-state index is 0. The zero-order valence-corrected chi connectivity index (χ0v) is 14.7. The van der Waals surface area contributed by atoms with Gasteiger partial charge in [0.2, 0.25) is 5.91 Å².